The number of carboxylic acid groups (broad SMARTS) is 1. The van der Waals surface area contributed by atoms with E-state index in [1.165, 1.54) is 18.2 Å². The molecule has 0 bridgehead atoms. The van der Waals surface area contributed by atoms with E-state index in [0.29, 0.717) is 5.56 Å². The molecule has 0 heterocycles. The topological polar surface area (TPSA) is 37.3 Å². The molecule has 0 aliphatic carbocycles. The fraction of sp³-hybridized carbons (Fsp3) is 0. The summed E-state index contributed by atoms with van der Waals surface area (Å²) in [5, 5.41) is 9.54. The zero-order chi connectivity index (χ0) is 20.9. The van der Waals surface area contributed by atoms with Crippen molar-refractivity contribution in [2.45, 2.75) is 0 Å². The molecule has 1 N–H and O–H groups in total. The first-order chi connectivity index (χ1) is 14.6. The van der Waals surface area contributed by atoms with Crippen molar-refractivity contribution in [3.8, 4) is 34.1 Å². The quantitative estimate of drug-likeness (QED) is 0.418. The van der Waals surface area contributed by atoms with Crippen LogP contribution in [-0.4, -0.2) is 11.1 Å². The summed E-state index contributed by atoms with van der Waals surface area (Å²) in [5.41, 5.74) is 5.04. The second-order valence-electron chi connectivity index (χ2n) is 6.77. The van der Waals surface area contributed by atoms with Gasteiger partial charge in [-0.15, -0.1) is 0 Å². The molecule has 0 amide bonds. The number of carbonyl (C=O) groups is 1. The first-order valence-corrected chi connectivity index (χ1v) is 9.41. The van der Waals surface area contributed by atoms with E-state index in [9.17, 15) is 14.3 Å². The molecule has 0 aliphatic rings. The molecule has 2 nitrogen and oxygen atoms in total. The zero-order valence-corrected chi connectivity index (χ0v) is 16.0. The normalized spacial score (nSPS) is 10.2. The Hall–Kier alpha value is -4.16. The molecular weight excluding hydrogens is 375 g/mol. The second-order valence-corrected chi connectivity index (χ2v) is 6.77. The van der Waals surface area contributed by atoms with Gasteiger partial charge in [0.05, 0.1) is 5.56 Å². The Bertz CT molecular complexity index is 1260. The number of hydrogen-bond acceptors (Lipinski definition) is 1. The molecule has 4 aromatic carbocycles. The lowest BCUT2D eigenvalue weighted by Crippen LogP contribution is -2.00. The van der Waals surface area contributed by atoms with Gasteiger partial charge in [0, 0.05) is 11.1 Å². The van der Waals surface area contributed by atoms with Crippen LogP contribution in [0.5, 0.6) is 0 Å². The molecule has 0 atom stereocenters. The number of hydrogen-bond donors (Lipinski definition) is 1. The van der Waals surface area contributed by atoms with Gasteiger partial charge in [-0.3, -0.25) is 0 Å². The Balaban J connectivity index is 1.73. The molecule has 0 unspecified atom stereocenters. The Morgan fingerprint density at radius 1 is 0.667 bits per heavy atom. The van der Waals surface area contributed by atoms with Gasteiger partial charge >= 0.3 is 5.97 Å². The first kappa shape index (κ1) is 19.2. The van der Waals surface area contributed by atoms with E-state index >= 15 is 0 Å². The zero-order valence-electron chi connectivity index (χ0n) is 16.0. The lowest BCUT2D eigenvalue weighted by Gasteiger charge is -2.05. The van der Waals surface area contributed by atoms with Gasteiger partial charge in [0.15, 0.2) is 0 Å². The Morgan fingerprint density at radius 2 is 1.30 bits per heavy atom. The summed E-state index contributed by atoms with van der Waals surface area (Å²) in [5.74, 6) is 4.73. The van der Waals surface area contributed by atoms with Crippen LogP contribution < -0.4 is 0 Å². The minimum Gasteiger partial charge on any atom is -0.478 e. The molecule has 4 aromatic rings. The number of aromatic carboxylic acids is 1. The second kappa shape index (κ2) is 8.46. The highest BCUT2D eigenvalue weighted by atomic mass is 19.1. The van der Waals surface area contributed by atoms with Gasteiger partial charge in [-0.1, -0.05) is 72.5 Å². The fourth-order valence-electron chi connectivity index (χ4n) is 3.20. The molecule has 0 fully saturated rings. The fourth-order valence-corrected chi connectivity index (χ4v) is 3.20. The third kappa shape index (κ3) is 4.29. The van der Waals surface area contributed by atoms with E-state index in [1.54, 1.807) is 24.3 Å². The van der Waals surface area contributed by atoms with Gasteiger partial charge in [-0.05, 0) is 58.7 Å². The number of halogens is 1. The van der Waals surface area contributed by atoms with Gasteiger partial charge in [0.1, 0.15) is 5.82 Å². The van der Waals surface area contributed by atoms with Crippen molar-refractivity contribution in [1.29, 1.82) is 0 Å². The van der Waals surface area contributed by atoms with Crippen molar-refractivity contribution >= 4 is 5.97 Å². The molecule has 0 aromatic heterocycles. The van der Waals surface area contributed by atoms with Crippen LogP contribution in [0, 0.1) is 17.7 Å². The van der Waals surface area contributed by atoms with Crippen molar-refractivity contribution in [1.82, 2.24) is 0 Å². The van der Waals surface area contributed by atoms with E-state index in [2.05, 4.69) is 11.8 Å². The van der Waals surface area contributed by atoms with E-state index < -0.39 is 5.97 Å². The monoisotopic (exact) mass is 392 g/mol. The third-order valence-corrected chi connectivity index (χ3v) is 4.74. The summed E-state index contributed by atoms with van der Waals surface area (Å²) in [7, 11) is 0. The van der Waals surface area contributed by atoms with Crippen LogP contribution in [0.1, 0.15) is 21.5 Å². The number of carboxylic acids is 1. The van der Waals surface area contributed by atoms with Crippen LogP contribution in [0.2, 0.25) is 0 Å². The molecule has 0 spiro atoms. The maximum atomic E-state index is 13.2. The van der Waals surface area contributed by atoms with Gasteiger partial charge in [-0.2, -0.15) is 0 Å². The minimum absolute atomic E-state index is 0.132. The summed E-state index contributed by atoms with van der Waals surface area (Å²) < 4.78 is 13.2. The number of rotatable bonds is 3. The Labute approximate surface area is 174 Å². The highest BCUT2D eigenvalue weighted by molar-refractivity contribution is 5.92. The molecule has 0 saturated heterocycles. The van der Waals surface area contributed by atoms with Crippen LogP contribution in [0.4, 0.5) is 4.39 Å². The largest absolute Gasteiger partial charge is 0.478 e. The summed E-state index contributed by atoms with van der Waals surface area (Å²) >= 11 is 0. The van der Waals surface area contributed by atoms with Crippen LogP contribution in [0.25, 0.3) is 22.3 Å². The molecule has 3 heteroatoms. The predicted molar refractivity (Wildman–Crippen MR) is 117 cm³/mol. The smallest absolute Gasteiger partial charge is 0.336 e. The lowest BCUT2D eigenvalue weighted by molar-refractivity contribution is 0.0696. The van der Waals surface area contributed by atoms with Gasteiger partial charge in [0.2, 0.25) is 0 Å². The molecule has 0 aliphatic heterocycles. The molecule has 4 rings (SSSR count). The average molecular weight is 392 g/mol. The van der Waals surface area contributed by atoms with E-state index in [1.807, 2.05) is 54.6 Å². The van der Waals surface area contributed by atoms with Crippen LogP contribution in [0.15, 0.2) is 97.1 Å². The van der Waals surface area contributed by atoms with Crippen molar-refractivity contribution in [2.75, 3.05) is 0 Å². The van der Waals surface area contributed by atoms with Crippen LogP contribution in [-0.2, 0) is 0 Å². The van der Waals surface area contributed by atoms with Crippen molar-refractivity contribution in [2.24, 2.45) is 0 Å². The number of benzene rings is 4. The maximum absolute atomic E-state index is 13.2. The van der Waals surface area contributed by atoms with Crippen LogP contribution in [0.3, 0.4) is 0 Å². The first-order valence-electron chi connectivity index (χ1n) is 9.41. The van der Waals surface area contributed by atoms with E-state index in [0.717, 1.165) is 27.8 Å². The Morgan fingerprint density at radius 3 is 2.03 bits per heavy atom. The van der Waals surface area contributed by atoms with Crippen molar-refractivity contribution in [3.05, 3.63) is 120 Å². The summed E-state index contributed by atoms with van der Waals surface area (Å²) in [6, 6.07) is 28.8. The predicted octanol–water partition coefficient (Wildman–Crippen LogP) is 6.26. The van der Waals surface area contributed by atoms with Crippen LogP contribution >= 0.6 is 0 Å². The molecule has 144 valence electrons. The highest BCUT2D eigenvalue weighted by Gasteiger charge is 2.10. The summed E-state index contributed by atoms with van der Waals surface area (Å²) in [4.78, 5) is 11.6. The molecule has 0 radical (unpaired) electrons. The minimum atomic E-state index is -1.04. The SMILES string of the molecule is O=C(O)c1ccc(-c2ccc(F)cc2)cc1C#Cc1cccc(-c2ccccc2)c1. The van der Waals surface area contributed by atoms with Crippen molar-refractivity contribution in [3.63, 3.8) is 0 Å². The lowest BCUT2D eigenvalue weighted by atomic mass is 9.98. The summed E-state index contributed by atoms with van der Waals surface area (Å²) in [6.07, 6.45) is 0. The maximum Gasteiger partial charge on any atom is 0.336 e. The third-order valence-electron chi connectivity index (χ3n) is 4.74. The van der Waals surface area contributed by atoms with Crippen molar-refractivity contribution < 1.29 is 14.3 Å². The van der Waals surface area contributed by atoms with E-state index in [4.69, 9.17) is 0 Å². The van der Waals surface area contributed by atoms with Gasteiger partial charge in [-0.25, -0.2) is 9.18 Å². The molecular formula is C27H17FO2. The van der Waals surface area contributed by atoms with Gasteiger partial charge in [0.25, 0.3) is 0 Å². The van der Waals surface area contributed by atoms with E-state index in [-0.39, 0.29) is 11.4 Å². The highest BCUT2D eigenvalue weighted by Crippen LogP contribution is 2.23. The standard InChI is InChI=1S/C27H17FO2/c28-25-14-11-21(12-15-25)23-13-16-26(27(29)30)24(18-23)10-9-19-5-4-8-22(17-19)20-6-2-1-3-7-20/h1-8,11-18H,(H,29,30). The summed E-state index contributed by atoms with van der Waals surface area (Å²) in [6.45, 7) is 0. The Kier molecular flexibility index (Phi) is 5.41. The molecule has 30 heavy (non-hydrogen) atoms. The molecule has 0 saturated carbocycles. The average Bonchev–Trinajstić information content (AvgIpc) is 2.79. The van der Waals surface area contributed by atoms with Gasteiger partial charge < -0.3 is 5.11 Å².